The predicted molar refractivity (Wildman–Crippen MR) is 152 cm³/mol. The first-order valence-electron chi connectivity index (χ1n) is 12.6. The van der Waals surface area contributed by atoms with Crippen LogP contribution in [0.5, 0.6) is 11.5 Å². The maximum atomic E-state index is 13.3. The van der Waals surface area contributed by atoms with Gasteiger partial charge in [0.05, 0.1) is 23.3 Å². The molecule has 39 heavy (non-hydrogen) atoms. The van der Waals surface area contributed by atoms with Crippen molar-refractivity contribution >= 4 is 39.8 Å². The molecule has 3 heterocycles. The van der Waals surface area contributed by atoms with E-state index in [1.165, 1.54) is 17.6 Å². The lowest BCUT2D eigenvalue weighted by molar-refractivity contribution is 0.0729. The van der Waals surface area contributed by atoms with Crippen LogP contribution in [0.15, 0.2) is 72.8 Å². The van der Waals surface area contributed by atoms with Crippen LogP contribution in [0.2, 0.25) is 5.02 Å². The lowest BCUT2D eigenvalue weighted by atomic mass is 10.00. The Morgan fingerprint density at radius 1 is 1.05 bits per heavy atom. The molecule has 4 aromatic rings. The molecular formula is C30H26ClN3O4S. The van der Waals surface area contributed by atoms with Crippen LogP contribution >= 0.6 is 22.9 Å². The highest BCUT2D eigenvalue weighted by Gasteiger charge is 2.33. The number of methoxy groups -OCH3 is 1. The van der Waals surface area contributed by atoms with E-state index in [0.29, 0.717) is 10.8 Å². The van der Waals surface area contributed by atoms with E-state index in [0.717, 1.165) is 47.7 Å². The zero-order valence-electron chi connectivity index (χ0n) is 21.2. The normalized spacial score (nSPS) is 16.5. The van der Waals surface area contributed by atoms with Gasteiger partial charge in [0.2, 0.25) is 0 Å². The number of nitrogens with one attached hydrogen (secondary N) is 2. The molecule has 1 amide bonds. The molecule has 7 nitrogen and oxygen atoms in total. The molecular weight excluding hydrogens is 534 g/mol. The van der Waals surface area contributed by atoms with Crippen LogP contribution in [-0.4, -0.2) is 30.4 Å². The first kappa shape index (κ1) is 25.4. The van der Waals surface area contributed by atoms with Crippen LogP contribution in [0.3, 0.4) is 0 Å². The second kappa shape index (κ2) is 10.7. The topological polar surface area (TPSA) is 79.9 Å². The monoisotopic (exact) mass is 559 g/mol. The highest BCUT2D eigenvalue weighted by molar-refractivity contribution is 7.16. The van der Waals surface area contributed by atoms with Gasteiger partial charge in [-0.15, -0.1) is 11.3 Å². The number of carbonyl (C=O) groups is 2. The van der Waals surface area contributed by atoms with E-state index in [-0.39, 0.29) is 17.2 Å². The number of esters is 1. The van der Waals surface area contributed by atoms with Crippen LogP contribution in [-0.2, 0) is 19.5 Å². The van der Waals surface area contributed by atoms with E-state index < -0.39 is 12.1 Å². The van der Waals surface area contributed by atoms with Gasteiger partial charge in [0.1, 0.15) is 11.2 Å². The molecule has 0 saturated carbocycles. The second-order valence-corrected chi connectivity index (χ2v) is 11.0. The van der Waals surface area contributed by atoms with Gasteiger partial charge in [0, 0.05) is 24.5 Å². The maximum Gasteiger partial charge on any atom is 0.345 e. The quantitative estimate of drug-likeness (QED) is 0.221. The lowest BCUT2D eigenvalue weighted by Gasteiger charge is -2.29. The molecule has 6 rings (SSSR count). The minimum absolute atomic E-state index is 0.0871. The van der Waals surface area contributed by atoms with Crippen molar-refractivity contribution in [3.05, 3.63) is 111 Å². The van der Waals surface area contributed by atoms with Crippen molar-refractivity contribution in [1.82, 2.24) is 10.2 Å². The van der Waals surface area contributed by atoms with E-state index in [1.54, 1.807) is 53.8 Å². The predicted octanol–water partition coefficient (Wildman–Crippen LogP) is 6.04. The number of carbonyl (C=O) groups excluding carboxylic acids is 2. The van der Waals surface area contributed by atoms with Crippen LogP contribution in [0.1, 0.15) is 48.4 Å². The van der Waals surface area contributed by atoms with E-state index in [4.69, 9.17) is 21.1 Å². The van der Waals surface area contributed by atoms with Gasteiger partial charge in [0.25, 0.3) is 5.91 Å². The van der Waals surface area contributed by atoms with Crippen molar-refractivity contribution in [3.63, 3.8) is 0 Å². The number of anilines is 1. The number of ether oxygens (including phenoxy) is 2. The van der Waals surface area contributed by atoms with Gasteiger partial charge < -0.3 is 20.1 Å². The second-order valence-electron chi connectivity index (χ2n) is 9.48. The molecule has 198 valence electrons. The summed E-state index contributed by atoms with van der Waals surface area (Å²) in [5.74, 6) is -0.0299. The van der Waals surface area contributed by atoms with Crippen molar-refractivity contribution < 1.29 is 19.1 Å². The fourth-order valence-corrected chi connectivity index (χ4v) is 6.57. The third-order valence-electron chi connectivity index (χ3n) is 6.98. The summed E-state index contributed by atoms with van der Waals surface area (Å²) in [6.45, 7) is 2.62. The summed E-state index contributed by atoms with van der Waals surface area (Å²) in [7, 11) is 1.51. The summed E-state index contributed by atoms with van der Waals surface area (Å²) in [5, 5.41) is 7.77. The van der Waals surface area contributed by atoms with Gasteiger partial charge >= 0.3 is 5.97 Å². The number of halogens is 1. The van der Waals surface area contributed by atoms with Crippen LogP contribution in [0, 0.1) is 0 Å². The summed E-state index contributed by atoms with van der Waals surface area (Å²) in [6, 6.07) is 22.4. The number of nitrogens with zero attached hydrogens (tertiary/aromatic N) is 1. The van der Waals surface area contributed by atoms with Crippen molar-refractivity contribution in [2.45, 2.75) is 25.7 Å². The Labute approximate surface area is 235 Å². The highest BCUT2D eigenvalue weighted by atomic mass is 35.5. The molecule has 9 heteroatoms. The average molecular weight is 560 g/mol. The maximum absolute atomic E-state index is 13.3. The molecule has 0 bridgehead atoms. The Balaban J connectivity index is 1.19. The molecule has 0 radical (unpaired) electrons. The molecule has 0 aliphatic carbocycles. The molecule has 0 fully saturated rings. The number of amides is 1. The molecule has 3 aromatic carbocycles. The first-order chi connectivity index (χ1) is 19.0. The highest BCUT2D eigenvalue weighted by Crippen LogP contribution is 2.42. The number of thiophene rings is 1. The molecule has 0 saturated heterocycles. The Kier molecular flexibility index (Phi) is 6.99. The SMILES string of the molecule is COc1cc([C@H]2NC(=O)c3c(sc4c3CCN(Cc3ccccc3)C4)N2)ccc1OC(=O)c1ccccc1Cl. The zero-order chi connectivity index (χ0) is 26.9. The Hall–Kier alpha value is -3.85. The van der Waals surface area contributed by atoms with Crippen molar-refractivity contribution in [3.8, 4) is 11.5 Å². The summed E-state index contributed by atoms with van der Waals surface area (Å²) in [6.07, 6.45) is 0.389. The van der Waals surface area contributed by atoms with Gasteiger partial charge in [-0.05, 0) is 47.4 Å². The molecule has 0 spiro atoms. The van der Waals surface area contributed by atoms with Crippen LogP contribution in [0.4, 0.5) is 5.00 Å². The van der Waals surface area contributed by atoms with E-state index >= 15 is 0 Å². The summed E-state index contributed by atoms with van der Waals surface area (Å²) in [4.78, 5) is 29.6. The van der Waals surface area contributed by atoms with E-state index in [1.807, 2.05) is 6.07 Å². The fraction of sp³-hybridized carbons (Fsp3) is 0.200. The summed E-state index contributed by atoms with van der Waals surface area (Å²) >= 11 is 7.79. The molecule has 2 aliphatic rings. The zero-order valence-corrected chi connectivity index (χ0v) is 22.8. The van der Waals surface area contributed by atoms with E-state index in [2.05, 4.69) is 39.8 Å². The Morgan fingerprint density at radius 2 is 1.85 bits per heavy atom. The molecule has 0 unspecified atom stereocenters. The number of fused-ring (bicyclic) bond motifs is 3. The number of hydrogen-bond donors (Lipinski definition) is 2. The van der Waals surface area contributed by atoms with Gasteiger partial charge in [-0.3, -0.25) is 9.69 Å². The minimum Gasteiger partial charge on any atom is -0.493 e. The van der Waals surface area contributed by atoms with Crippen molar-refractivity contribution in [2.24, 2.45) is 0 Å². The lowest BCUT2D eigenvalue weighted by Crippen LogP contribution is -2.38. The molecule has 1 atom stereocenters. The number of hydrogen-bond acceptors (Lipinski definition) is 7. The first-order valence-corrected chi connectivity index (χ1v) is 13.8. The minimum atomic E-state index is -0.578. The number of rotatable bonds is 6. The smallest absolute Gasteiger partial charge is 0.345 e. The van der Waals surface area contributed by atoms with Crippen molar-refractivity contribution in [2.75, 3.05) is 19.0 Å². The third-order valence-corrected chi connectivity index (χ3v) is 8.46. The summed E-state index contributed by atoms with van der Waals surface area (Å²) in [5.41, 5.74) is 4.22. The number of benzene rings is 3. The Morgan fingerprint density at radius 3 is 2.64 bits per heavy atom. The fourth-order valence-electron chi connectivity index (χ4n) is 5.04. The third kappa shape index (κ3) is 5.11. The van der Waals surface area contributed by atoms with Crippen molar-refractivity contribution in [1.29, 1.82) is 0 Å². The Bertz CT molecular complexity index is 1560. The van der Waals surface area contributed by atoms with Gasteiger partial charge in [-0.1, -0.05) is 60.1 Å². The molecule has 2 N–H and O–H groups in total. The van der Waals surface area contributed by atoms with Crippen LogP contribution in [0.25, 0.3) is 0 Å². The van der Waals surface area contributed by atoms with E-state index in [9.17, 15) is 9.59 Å². The van der Waals surface area contributed by atoms with Gasteiger partial charge in [0.15, 0.2) is 11.5 Å². The van der Waals surface area contributed by atoms with Gasteiger partial charge in [-0.25, -0.2) is 4.79 Å². The standard InChI is InChI=1S/C30H26ClN3O4S/c1-37-24-15-19(11-12-23(24)38-30(36)20-9-5-6-10-22(20)31)27-32-28(35)26-21-13-14-34(16-18-7-3-2-4-8-18)17-25(21)39-29(26)33-27/h2-12,15,27,33H,13-14,16-17H2,1H3,(H,32,35)/t27-/m0/s1. The largest absolute Gasteiger partial charge is 0.493 e. The summed E-state index contributed by atoms with van der Waals surface area (Å²) < 4.78 is 11.1. The average Bonchev–Trinajstić information content (AvgIpc) is 3.32. The van der Waals surface area contributed by atoms with Gasteiger partial charge in [-0.2, -0.15) is 0 Å². The van der Waals surface area contributed by atoms with Crippen LogP contribution < -0.4 is 20.1 Å². The molecule has 1 aromatic heterocycles. The molecule has 2 aliphatic heterocycles.